The van der Waals surface area contributed by atoms with E-state index in [1.54, 1.807) is 32.2 Å². The van der Waals surface area contributed by atoms with Gasteiger partial charge in [-0.25, -0.2) is 13.4 Å². The normalized spacial score (nSPS) is 15.3. The zero-order valence-electron chi connectivity index (χ0n) is 16.9. The molecule has 29 heavy (non-hydrogen) atoms. The molecule has 1 heterocycles. The van der Waals surface area contributed by atoms with Crippen LogP contribution in [0.4, 0.5) is 5.82 Å². The highest BCUT2D eigenvalue weighted by Crippen LogP contribution is 2.27. The summed E-state index contributed by atoms with van der Waals surface area (Å²) in [5.41, 5.74) is 0.358. The summed E-state index contributed by atoms with van der Waals surface area (Å²) in [6, 6.07) is 9.51. The van der Waals surface area contributed by atoms with Gasteiger partial charge in [-0.1, -0.05) is 19.3 Å². The van der Waals surface area contributed by atoms with Crippen molar-refractivity contribution in [2.45, 2.75) is 56.1 Å². The van der Waals surface area contributed by atoms with Crippen LogP contribution in [0, 0.1) is 5.92 Å². The van der Waals surface area contributed by atoms with Gasteiger partial charge in [0.1, 0.15) is 0 Å². The highest BCUT2D eigenvalue weighted by Gasteiger charge is 2.20. The fourth-order valence-corrected chi connectivity index (χ4v) is 4.47. The molecule has 1 aromatic carbocycles. The predicted octanol–water partition coefficient (Wildman–Crippen LogP) is 4.48. The van der Waals surface area contributed by atoms with Crippen molar-refractivity contribution in [2.24, 2.45) is 5.92 Å². The molecular formula is C22H28N2O4S. The Bertz CT molecular complexity index is 934. The van der Waals surface area contributed by atoms with E-state index in [0.29, 0.717) is 29.7 Å². The van der Waals surface area contributed by atoms with Crippen molar-refractivity contribution in [3.63, 3.8) is 0 Å². The maximum atomic E-state index is 12.6. The number of amides is 1. The Morgan fingerprint density at radius 1 is 1.14 bits per heavy atom. The van der Waals surface area contributed by atoms with E-state index in [0.717, 1.165) is 0 Å². The number of benzene rings is 1. The SMILES string of the molecule is CC(C)S(=O)(=O)c1ccc(C(=O)Nc2ncccc2OCC2CCCCC2)cc1. The third kappa shape index (κ3) is 5.35. The summed E-state index contributed by atoms with van der Waals surface area (Å²) >= 11 is 0. The molecule has 1 saturated carbocycles. The van der Waals surface area contributed by atoms with Crippen molar-refractivity contribution in [1.82, 2.24) is 4.98 Å². The minimum atomic E-state index is -3.37. The first-order chi connectivity index (χ1) is 13.9. The number of sulfone groups is 1. The topological polar surface area (TPSA) is 85.4 Å². The first-order valence-electron chi connectivity index (χ1n) is 10.1. The van der Waals surface area contributed by atoms with Gasteiger partial charge in [0.05, 0.1) is 16.8 Å². The van der Waals surface area contributed by atoms with E-state index in [1.807, 2.05) is 0 Å². The Kier molecular flexibility index (Phi) is 6.90. The zero-order valence-corrected chi connectivity index (χ0v) is 17.7. The summed E-state index contributed by atoms with van der Waals surface area (Å²) in [4.78, 5) is 17.1. The van der Waals surface area contributed by atoms with Crippen molar-refractivity contribution >= 4 is 21.6 Å². The molecule has 156 valence electrons. The van der Waals surface area contributed by atoms with Gasteiger partial charge in [-0.3, -0.25) is 4.79 Å². The average molecular weight is 417 g/mol. The number of anilines is 1. The van der Waals surface area contributed by atoms with Gasteiger partial charge in [-0.15, -0.1) is 0 Å². The van der Waals surface area contributed by atoms with Crippen molar-refractivity contribution in [1.29, 1.82) is 0 Å². The van der Waals surface area contributed by atoms with E-state index < -0.39 is 15.1 Å². The number of aromatic nitrogens is 1. The lowest BCUT2D eigenvalue weighted by Crippen LogP contribution is -2.18. The van der Waals surface area contributed by atoms with E-state index in [9.17, 15) is 13.2 Å². The van der Waals surface area contributed by atoms with Crippen LogP contribution in [0.15, 0.2) is 47.5 Å². The quantitative estimate of drug-likeness (QED) is 0.719. The molecule has 6 nitrogen and oxygen atoms in total. The molecule has 2 aromatic rings. The molecule has 0 unspecified atom stereocenters. The molecule has 0 saturated heterocycles. The largest absolute Gasteiger partial charge is 0.489 e. The van der Waals surface area contributed by atoms with Gasteiger partial charge in [0, 0.05) is 11.8 Å². The average Bonchev–Trinajstić information content (AvgIpc) is 2.74. The smallest absolute Gasteiger partial charge is 0.256 e. The molecule has 1 aliphatic carbocycles. The summed E-state index contributed by atoms with van der Waals surface area (Å²) in [6.45, 7) is 3.88. The monoisotopic (exact) mass is 416 g/mol. The van der Waals surface area contributed by atoms with E-state index in [-0.39, 0.29) is 10.8 Å². The Morgan fingerprint density at radius 3 is 2.48 bits per heavy atom. The van der Waals surface area contributed by atoms with Crippen LogP contribution in [0.2, 0.25) is 0 Å². The minimum Gasteiger partial charge on any atom is -0.489 e. The first kappa shape index (κ1) is 21.3. The van der Waals surface area contributed by atoms with Crippen LogP contribution >= 0.6 is 0 Å². The van der Waals surface area contributed by atoms with E-state index in [2.05, 4.69) is 10.3 Å². The molecule has 0 aliphatic heterocycles. The number of pyridine rings is 1. The molecule has 1 fully saturated rings. The summed E-state index contributed by atoms with van der Waals surface area (Å²) in [5.74, 6) is 1.10. The van der Waals surface area contributed by atoms with Crippen molar-refractivity contribution < 1.29 is 17.9 Å². The summed E-state index contributed by atoms with van der Waals surface area (Å²) in [7, 11) is -3.37. The number of nitrogens with zero attached hydrogens (tertiary/aromatic N) is 1. The molecule has 1 N–H and O–H groups in total. The number of ether oxygens (including phenoxy) is 1. The molecule has 1 aliphatic rings. The summed E-state index contributed by atoms with van der Waals surface area (Å²) < 4.78 is 30.4. The lowest BCUT2D eigenvalue weighted by atomic mass is 9.90. The highest BCUT2D eigenvalue weighted by atomic mass is 32.2. The summed E-state index contributed by atoms with van der Waals surface area (Å²) in [6.07, 6.45) is 7.73. The van der Waals surface area contributed by atoms with Crippen LogP contribution in [0.3, 0.4) is 0 Å². The first-order valence-corrected chi connectivity index (χ1v) is 11.7. The van der Waals surface area contributed by atoms with Gasteiger partial charge in [-0.2, -0.15) is 0 Å². The van der Waals surface area contributed by atoms with Crippen LogP contribution in [0.1, 0.15) is 56.3 Å². The van der Waals surface area contributed by atoms with E-state index >= 15 is 0 Å². The fraction of sp³-hybridized carbons (Fsp3) is 0.455. The molecule has 0 spiro atoms. The maximum absolute atomic E-state index is 12.6. The van der Waals surface area contributed by atoms with Crippen molar-refractivity contribution in [2.75, 3.05) is 11.9 Å². The molecule has 1 aromatic heterocycles. The Labute approximate surface area is 172 Å². The minimum absolute atomic E-state index is 0.207. The maximum Gasteiger partial charge on any atom is 0.256 e. The Hall–Kier alpha value is -2.41. The van der Waals surface area contributed by atoms with E-state index in [1.165, 1.54) is 56.4 Å². The van der Waals surface area contributed by atoms with Crippen LogP contribution in [-0.4, -0.2) is 31.2 Å². The molecule has 0 bridgehead atoms. The highest BCUT2D eigenvalue weighted by molar-refractivity contribution is 7.92. The number of nitrogens with one attached hydrogen (secondary N) is 1. The number of rotatable bonds is 7. The third-order valence-electron chi connectivity index (χ3n) is 5.27. The Morgan fingerprint density at radius 2 is 1.83 bits per heavy atom. The van der Waals surface area contributed by atoms with Crippen LogP contribution in [-0.2, 0) is 9.84 Å². The van der Waals surface area contributed by atoms with Gasteiger partial charge in [0.2, 0.25) is 0 Å². The molecule has 3 rings (SSSR count). The van der Waals surface area contributed by atoms with Crippen LogP contribution in [0.5, 0.6) is 5.75 Å². The van der Waals surface area contributed by atoms with Gasteiger partial charge in [-0.05, 0) is 69.0 Å². The second kappa shape index (κ2) is 9.39. The lowest BCUT2D eigenvalue weighted by Gasteiger charge is -2.22. The van der Waals surface area contributed by atoms with Gasteiger partial charge >= 0.3 is 0 Å². The molecule has 0 atom stereocenters. The van der Waals surface area contributed by atoms with Crippen LogP contribution < -0.4 is 10.1 Å². The second-order valence-corrected chi connectivity index (χ2v) is 10.2. The third-order valence-corrected chi connectivity index (χ3v) is 7.44. The van der Waals surface area contributed by atoms with Crippen molar-refractivity contribution in [3.8, 4) is 5.75 Å². The molecule has 0 radical (unpaired) electrons. The lowest BCUT2D eigenvalue weighted by molar-refractivity contribution is 0.102. The zero-order chi connectivity index (χ0) is 20.9. The number of hydrogen-bond donors (Lipinski definition) is 1. The number of carbonyl (C=O) groups excluding carboxylic acids is 1. The van der Waals surface area contributed by atoms with E-state index in [4.69, 9.17) is 4.74 Å². The van der Waals surface area contributed by atoms with Gasteiger partial charge in [0.15, 0.2) is 21.4 Å². The van der Waals surface area contributed by atoms with Gasteiger partial charge < -0.3 is 10.1 Å². The number of carbonyl (C=O) groups is 1. The molecule has 1 amide bonds. The fourth-order valence-electron chi connectivity index (χ4n) is 3.41. The van der Waals surface area contributed by atoms with Crippen molar-refractivity contribution in [3.05, 3.63) is 48.2 Å². The number of hydrogen-bond acceptors (Lipinski definition) is 5. The second-order valence-electron chi connectivity index (χ2n) is 7.74. The molecule has 7 heteroatoms. The standard InChI is InChI=1S/C22H28N2O4S/c1-16(2)29(26,27)19-12-10-18(11-13-19)22(25)24-21-20(9-6-14-23-21)28-15-17-7-4-3-5-8-17/h6,9-14,16-17H,3-5,7-8,15H2,1-2H3,(H,23,24,25). The predicted molar refractivity (Wildman–Crippen MR) is 113 cm³/mol. The molecular weight excluding hydrogens is 388 g/mol. The van der Waals surface area contributed by atoms with Gasteiger partial charge in [0.25, 0.3) is 5.91 Å². The summed E-state index contributed by atoms with van der Waals surface area (Å²) in [5, 5.41) is 2.26. The van der Waals surface area contributed by atoms with Crippen LogP contribution in [0.25, 0.3) is 0 Å². The Balaban J connectivity index is 1.67.